The molecule has 0 aromatic rings. The van der Waals surface area contributed by atoms with Crippen molar-refractivity contribution in [3.63, 3.8) is 0 Å². The monoisotopic (exact) mass is 283 g/mol. The second kappa shape index (κ2) is 5.67. The highest BCUT2D eigenvalue weighted by atomic mass is 33.1. The number of rotatable bonds is 3. The number of hydrogen-bond acceptors (Lipinski definition) is 4. The summed E-state index contributed by atoms with van der Waals surface area (Å²) in [6.07, 6.45) is 4.70. The maximum atomic E-state index is 4.60. The van der Waals surface area contributed by atoms with E-state index in [1.54, 1.807) is 0 Å². The van der Waals surface area contributed by atoms with Crippen molar-refractivity contribution in [2.45, 2.75) is 23.6 Å². The third-order valence-electron chi connectivity index (χ3n) is 3.01. The Kier molecular flexibility index (Phi) is 4.76. The normalized spacial score (nSPS) is 37.8. The fourth-order valence-corrected chi connectivity index (χ4v) is 6.34. The molecule has 0 bridgehead atoms. The van der Waals surface area contributed by atoms with Gasteiger partial charge < -0.3 is 0 Å². The molecule has 1 fully saturated rings. The molecule has 0 aromatic carbocycles. The molecule has 15 heavy (non-hydrogen) atoms. The van der Waals surface area contributed by atoms with Crippen molar-refractivity contribution in [2.75, 3.05) is 31.6 Å². The van der Waals surface area contributed by atoms with E-state index in [4.69, 9.17) is 0 Å². The van der Waals surface area contributed by atoms with Crippen LogP contribution in [0.25, 0.3) is 0 Å². The Bertz CT molecular complexity index is 259. The Hall–Kier alpha value is 1.16. The Morgan fingerprint density at radius 3 is 2.60 bits per heavy atom. The summed E-state index contributed by atoms with van der Waals surface area (Å²) in [6, 6.07) is 0. The molecule has 2 nitrogen and oxygen atoms in total. The molecule has 2 aliphatic heterocycles. The Balaban J connectivity index is 1.85. The predicted molar refractivity (Wildman–Crippen MR) is 77.2 cm³/mol. The van der Waals surface area contributed by atoms with Gasteiger partial charge in [0.2, 0.25) is 0 Å². The van der Waals surface area contributed by atoms with Crippen molar-refractivity contribution in [1.82, 2.24) is 4.90 Å². The van der Waals surface area contributed by atoms with Crippen LogP contribution in [0.5, 0.6) is 0 Å². The third-order valence-corrected chi connectivity index (χ3v) is 8.06. The largest absolute Gasteiger partial charge is 0.274 e. The van der Waals surface area contributed by atoms with Crippen molar-refractivity contribution in [3.8, 4) is 0 Å². The molecule has 0 aromatic heterocycles. The fourth-order valence-electron chi connectivity index (χ4n) is 2.06. The van der Waals surface area contributed by atoms with Gasteiger partial charge in [0, 0.05) is 6.26 Å². The van der Waals surface area contributed by atoms with Crippen LogP contribution >= 0.6 is 36.1 Å². The first kappa shape index (κ1) is 12.6. The second-order valence-electron chi connectivity index (χ2n) is 3.95. The molecule has 3 unspecified atom stereocenters. The molecule has 88 valence electrons. The SMILES string of the molecule is CS1=[N+](CCN2C(S)CCC2S)CCS1. The van der Waals surface area contributed by atoms with Gasteiger partial charge in [0.1, 0.15) is 0 Å². The number of hydrogen-bond donors (Lipinski definition) is 2. The molecule has 2 heterocycles. The van der Waals surface area contributed by atoms with E-state index in [0.717, 1.165) is 6.54 Å². The van der Waals surface area contributed by atoms with Crippen LogP contribution in [0, 0.1) is 0 Å². The van der Waals surface area contributed by atoms with E-state index in [-0.39, 0.29) is 0 Å². The molecule has 0 N–H and O–H groups in total. The van der Waals surface area contributed by atoms with Crippen molar-refractivity contribution in [1.29, 1.82) is 0 Å². The van der Waals surface area contributed by atoms with Crippen LogP contribution in [0.1, 0.15) is 12.8 Å². The summed E-state index contributed by atoms with van der Waals surface area (Å²) in [5.74, 6) is 1.30. The van der Waals surface area contributed by atoms with E-state index in [2.05, 4.69) is 51.2 Å². The first-order valence-electron chi connectivity index (χ1n) is 5.34. The molecule has 0 amide bonds. The van der Waals surface area contributed by atoms with Gasteiger partial charge in [-0.05, 0) is 23.6 Å². The molecule has 0 saturated carbocycles. The predicted octanol–water partition coefficient (Wildman–Crippen LogP) is 1.70. The van der Waals surface area contributed by atoms with Gasteiger partial charge in [0.15, 0.2) is 13.1 Å². The van der Waals surface area contributed by atoms with E-state index >= 15 is 0 Å². The smallest absolute Gasteiger partial charge is 0.163 e. The Labute approximate surface area is 109 Å². The average Bonchev–Trinajstić information content (AvgIpc) is 2.73. The topological polar surface area (TPSA) is 6.25 Å². The minimum atomic E-state index is 0.432. The molecule has 2 rings (SSSR count). The second-order valence-corrected chi connectivity index (χ2v) is 9.31. The lowest BCUT2D eigenvalue weighted by Gasteiger charge is -2.23. The first-order valence-corrected chi connectivity index (χ1v) is 9.47. The lowest BCUT2D eigenvalue weighted by atomic mass is 10.4. The van der Waals surface area contributed by atoms with Crippen LogP contribution in [-0.2, 0) is 9.72 Å². The molecular weight excluding hydrogens is 264 g/mol. The van der Waals surface area contributed by atoms with Crippen molar-refractivity contribution in [3.05, 3.63) is 0 Å². The van der Waals surface area contributed by atoms with Gasteiger partial charge in [-0.3, -0.25) is 4.90 Å². The van der Waals surface area contributed by atoms with E-state index in [1.165, 1.54) is 31.7 Å². The fraction of sp³-hybridized carbons (Fsp3) is 1.00. The highest BCUT2D eigenvalue weighted by molar-refractivity contribution is 8.69. The molecule has 0 radical (unpaired) electrons. The molecular formula is C9H19N2S4+. The zero-order valence-electron chi connectivity index (χ0n) is 9.00. The molecule has 0 spiro atoms. The molecule has 0 aliphatic carbocycles. The van der Waals surface area contributed by atoms with Gasteiger partial charge in [-0.25, -0.2) is 0 Å². The standard InChI is InChI=1S/C9H18N2S4/c1-15-10(6-7-14-15)4-5-11-8(12)2-3-9(11)13/h8-9H,2-7H2,1H3,(H-,12,13)/p+1. The van der Waals surface area contributed by atoms with Gasteiger partial charge in [-0.2, -0.15) is 29.2 Å². The summed E-state index contributed by atoms with van der Waals surface area (Å²) >= 11 is 9.20. The highest BCUT2D eigenvalue weighted by Gasteiger charge is 2.30. The lowest BCUT2D eigenvalue weighted by Crippen LogP contribution is -2.35. The van der Waals surface area contributed by atoms with Gasteiger partial charge in [0.25, 0.3) is 0 Å². The first-order chi connectivity index (χ1) is 7.18. The van der Waals surface area contributed by atoms with E-state index < -0.39 is 0 Å². The van der Waals surface area contributed by atoms with Crippen LogP contribution < -0.4 is 0 Å². The summed E-state index contributed by atoms with van der Waals surface area (Å²) in [5.41, 5.74) is 0. The van der Waals surface area contributed by atoms with E-state index in [0.29, 0.717) is 20.5 Å². The van der Waals surface area contributed by atoms with Gasteiger partial charge in [0.05, 0.1) is 32.8 Å². The van der Waals surface area contributed by atoms with Gasteiger partial charge in [-0.1, -0.05) is 0 Å². The molecule has 1 saturated heterocycles. The minimum absolute atomic E-state index is 0.432. The van der Waals surface area contributed by atoms with Gasteiger partial charge in [-0.15, -0.1) is 0 Å². The maximum absolute atomic E-state index is 4.60. The number of likely N-dealkylation sites (tertiary alicyclic amines) is 1. The zero-order valence-corrected chi connectivity index (χ0v) is 12.4. The van der Waals surface area contributed by atoms with Crippen LogP contribution in [0.2, 0.25) is 0 Å². The van der Waals surface area contributed by atoms with Crippen LogP contribution in [-0.4, -0.2) is 51.2 Å². The van der Waals surface area contributed by atoms with Crippen molar-refractivity contribution in [2.24, 2.45) is 0 Å². The summed E-state index contributed by atoms with van der Waals surface area (Å²) in [5, 5.41) is 0.864. The summed E-state index contributed by atoms with van der Waals surface area (Å²) < 4.78 is 2.59. The quantitative estimate of drug-likeness (QED) is 0.462. The number of thiol groups is 2. The number of nitrogens with zero attached hydrogens (tertiary/aromatic N) is 2. The highest BCUT2D eigenvalue weighted by Crippen LogP contribution is 2.28. The van der Waals surface area contributed by atoms with Crippen LogP contribution in [0.15, 0.2) is 0 Å². The summed E-state index contributed by atoms with van der Waals surface area (Å²) in [6.45, 7) is 3.56. The summed E-state index contributed by atoms with van der Waals surface area (Å²) in [7, 11) is 2.53. The van der Waals surface area contributed by atoms with E-state index in [1.807, 2.05) is 0 Å². The third kappa shape index (κ3) is 3.09. The van der Waals surface area contributed by atoms with E-state index in [9.17, 15) is 0 Å². The van der Waals surface area contributed by atoms with Crippen LogP contribution in [0.4, 0.5) is 0 Å². The lowest BCUT2D eigenvalue weighted by molar-refractivity contribution is -0.494. The maximum Gasteiger partial charge on any atom is 0.163 e. The van der Waals surface area contributed by atoms with Gasteiger partial charge >= 0.3 is 0 Å². The Morgan fingerprint density at radius 1 is 1.40 bits per heavy atom. The zero-order chi connectivity index (χ0) is 10.8. The molecule has 6 heteroatoms. The summed E-state index contributed by atoms with van der Waals surface area (Å²) in [4.78, 5) is 2.42. The van der Waals surface area contributed by atoms with Crippen molar-refractivity contribution >= 4 is 45.8 Å². The Morgan fingerprint density at radius 2 is 2.07 bits per heavy atom. The minimum Gasteiger partial charge on any atom is -0.274 e. The van der Waals surface area contributed by atoms with Crippen molar-refractivity contribution < 1.29 is 3.95 Å². The molecule has 3 atom stereocenters. The van der Waals surface area contributed by atoms with Crippen LogP contribution in [0.3, 0.4) is 0 Å². The molecule has 2 aliphatic rings. The average molecular weight is 284 g/mol.